The summed E-state index contributed by atoms with van der Waals surface area (Å²) in [7, 11) is -3.71. The molecule has 2 saturated heterocycles. The number of rotatable bonds is 0. The van der Waals surface area contributed by atoms with Crippen LogP contribution in [0.25, 0.3) is 0 Å². The van der Waals surface area contributed by atoms with Crippen LogP contribution in [-0.4, -0.2) is 26.3 Å². The third kappa shape index (κ3) is 1.16. The Balaban J connectivity index is 2.22. The Morgan fingerprint density at radius 1 is 1.55 bits per heavy atom. The maximum atomic E-state index is 10.7. The summed E-state index contributed by atoms with van der Waals surface area (Å²) in [6.45, 7) is 2.57. The number of hydrogen-bond acceptors (Lipinski definition) is 5. The zero-order valence-corrected chi connectivity index (χ0v) is 6.87. The van der Waals surface area contributed by atoms with Crippen LogP contribution in [0.1, 0.15) is 13.3 Å². The molecule has 2 atom stereocenters. The topological polar surface area (TPSA) is 55.8 Å². The molecule has 0 amide bonds. The Morgan fingerprint density at radius 2 is 2.27 bits per heavy atom. The molecule has 2 heterocycles. The van der Waals surface area contributed by atoms with E-state index in [0.717, 1.165) is 6.42 Å². The van der Waals surface area contributed by atoms with Gasteiger partial charge in [0.1, 0.15) is 0 Å². The van der Waals surface area contributed by atoms with E-state index in [4.69, 9.17) is 0 Å². The molecule has 0 saturated carbocycles. The molecule has 2 rings (SSSR count). The average Bonchev–Trinajstić information content (AvgIpc) is 2.31. The van der Waals surface area contributed by atoms with Gasteiger partial charge in [-0.15, -0.1) is 5.06 Å². The van der Waals surface area contributed by atoms with Crippen LogP contribution in [0.4, 0.5) is 0 Å². The van der Waals surface area contributed by atoms with Gasteiger partial charge in [0, 0.05) is 12.5 Å². The Morgan fingerprint density at radius 3 is 2.91 bits per heavy atom. The normalized spacial score (nSPS) is 42.6. The lowest BCUT2D eigenvalue weighted by atomic mass is 10.1. The maximum absolute atomic E-state index is 10.7. The van der Waals surface area contributed by atoms with Crippen molar-refractivity contribution in [1.29, 1.82) is 0 Å². The van der Waals surface area contributed by atoms with Gasteiger partial charge >= 0.3 is 10.4 Å². The Bertz CT molecular complexity index is 262. The molecule has 0 N–H and O–H groups in total. The van der Waals surface area contributed by atoms with Crippen molar-refractivity contribution in [2.45, 2.75) is 19.6 Å². The van der Waals surface area contributed by atoms with Gasteiger partial charge in [-0.2, -0.15) is 12.7 Å². The second kappa shape index (κ2) is 2.16. The van der Waals surface area contributed by atoms with Crippen molar-refractivity contribution in [2.24, 2.45) is 5.92 Å². The van der Waals surface area contributed by atoms with Gasteiger partial charge in [-0.05, 0) is 6.42 Å². The smallest absolute Gasteiger partial charge is 0.225 e. The van der Waals surface area contributed by atoms with Crippen LogP contribution in [-0.2, 0) is 18.9 Å². The zero-order valence-electron chi connectivity index (χ0n) is 6.06. The fourth-order valence-electron chi connectivity index (χ4n) is 1.36. The third-order valence-corrected chi connectivity index (χ3v) is 2.79. The fraction of sp³-hybridized carbons (Fsp3) is 1.00. The first-order valence-corrected chi connectivity index (χ1v) is 4.81. The van der Waals surface area contributed by atoms with Crippen molar-refractivity contribution in [3.05, 3.63) is 0 Å². The van der Waals surface area contributed by atoms with Gasteiger partial charge < -0.3 is 0 Å². The lowest BCUT2D eigenvalue weighted by Gasteiger charge is -2.08. The molecule has 2 aliphatic heterocycles. The van der Waals surface area contributed by atoms with E-state index in [1.807, 2.05) is 6.92 Å². The van der Waals surface area contributed by atoms with Gasteiger partial charge in [-0.3, -0.25) is 0 Å². The molecule has 0 aromatic heterocycles. The second-order valence-electron chi connectivity index (χ2n) is 2.88. The van der Waals surface area contributed by atoms with Crippen LogP contribution in [0.5, 0.6) is 0 Å². The van der Waals surface area contributed by atoms with Crippen LogP contribution < -0.4 is 0 Å². The van der Waals surface area contributed by atoms with Crippen LogP contribution in [0, 0.1) is 5.92 Å². The highest BCUT2D eigenvalue weighted by Gasteiger charge is 2.45. The highest BCUT2D eigenvalue weighted by molar-refractivity contribution is 7.82. The van der Waals surface area contributed by atoms with Crippen molar-refractivity contribution in [3.8, 4) is 0 Å². The second-order valence-corrected chi connectivity index (χ2v) is 4.03. The van der Waals surface area contributed by atoms with Gasteiger partial charge in [0.15, 0.2) is 6.23 Å². The lowest BCUT2D eigenvalue weighted by Crippen LogP contribution is -2.24. The molecule has 2 aliphatic rings. The summed E-state index contributed by atoms with van der Waals surface area (Å²) in [6, 6.07) is 0. The molecule has 0 spiro atoms. The minimum absolute atomic E-state index is 0.229. The van der Waals surface area contributed by atoms with Gasteiger partial charge in [0.2, 0.25) is 0 Å². The first kappa shape index (κ1) is 7.48. The number of nitrogens with zero attached hydrogens (tertiary/aromatic N) is 1. The van der Waals surface area contributed by atoms with E-state index in [-0.39, 0.29) is 12.1 Å². The quantitative estimate of drug-likeness (QED) is 0.518. The van der Waals surface area contributed by atoms with E-state index in [0.29, 0.717) is 6.54 Å². The zero-order chi connectivity index (χ0) is 8.06. The van der Waals surface area contributed by atoms with E-state index in [2.05, 4.69) is 8.47 Å². The average molecular weight is 179 g/mol. The molecule has 5 nitrogen and oxygen atoms in total. The maximum Gasteiger partial charge on any atom is 0.418 e. The monoisotopic (exact) mass is 179 g/mol. The van der Waals surface area contributed by atoms with E-state index < -0.39 is 10.4 Å². The summed E-state index contributed by atoms with van der Waals surface area (Å²) in [5, 5.41) is 1.38. The van der Waals surface area contributed by atoms with Gasteiger partial charge in [0.25, 0.3) is 0 Å². The van der Waals surface area contributed by atoms with Gasteiger partial charge in [-0.25, -0.2) is 4.18 Å². The number of hydroxylamine groups is 2. The predicted octanol–water partition coefficient (Wildman–Crippen LogP) is -0.139. The molecule has 2 fully saturated rings. The summed E-state index contributed by atoms with van der Waals surface area (Å²) in [6.07, 6.45) is 0.528. The van der Waals surface area contributed by atoms with Crippen molar-refractivity contribution >= 4 is 10.4 Å². The van der Waals surface area contributed by atoms with Crippen molar-refractivity contribution in [1.82, 2.24) is 5.06 Å². The number of hydrogen-bond donors (Lipinski definition) is 0. The molecule has 0 bridgehead atoms. The summed E-state index contributed by atoms with van der Waals surface area (Å²) < 4.78 is 30.6. The molecule has 0 aromatic rings. The molecular weight excluding hydrogens is 170 g/mol. The third-order valence-electron chi connectivity index (χ3n) is 1.98. The lowest BCUT2D eigenvalue weighted by molar-refractivity contribution is -0.0747. The molecule has 2 unspecified atom stereocenters. The van der Waals surface area contributed by atoms with E-state index in [1.165, 1.54) is 5.06 Å². The largest absolute Gasteiger partial charge is 0.418 e. The predicted molar refractivity (Wildman–Crippen MR) is 35.4 cm³/mol. The van der Waals surface area contributed by atoms with Crippen molar-refractivity contribution in [3.63, 3.8) is 0 Å². The molecule has 64 valence electrons. The van der Waals surface area contributed by atoms with Gasteiger partial charge in [0.05, 0.1) is 0 Å². The molecule has 0 aliphatic carbocycles. The SMILES string of the molecule is CC1CCN2OS(=O)(=O)OC12. The Hall–Kier alpha value is -0.170. The molecular formula is C5H9NO4S. The highest BCUT2D eigenvalue weighted by Crippen LogP contribution is 2.32. The minimum atomic E-state index is -3.71. The van der Waals surface area contributed by atoms with Crippen molar-refractivity contribution in [2.75, 3.05) is 6.54 Å². The molecule has 6 heteroatoms. The fourth-order valence-corrected chi connectivity index (χ4v) is 2.32. The van der Waals surface area contributed by atoms with Crippen LogP contribution in [0.3, 0.4) is 0 Å². The van der Waals surface area contributed by atoms with Crippen LogP contribution in [0.2, 0.25) is 0 Å². The molecule has 0 aromatic carbocycles. The van der Waals surface area contributed by atoms with Gasteiger partial charge in [-0.1, -0.05) is 6.92 Å². The first-order chi connectivity index (χ1) is 5.08. The summed E-state index contributed by atoms with van der Waals surface area (Å²) in [4.78, 5) is 0. The van der Waals surface area contributed by atoms with E-state index >= 15 is 0 Å². The Labute approximate surface area is 65.2 Å². The molecule has 0 radical (unpaired) electrons. The summed E-state index contributed by atoms with van der Waals surface area (Å²) in [5.41, 5.74) is 0. The number of fused-ring (bicyclic) bond motifs is 1. The van der Waals surface area contributed by atoms with Crippen molar-refractivity contribution < 1.29 is 16.9 Å². The molecule has 11 heavy (non-hydrogen) atoms. The summed E-state index contributed by atoms with van der Waals surface area (Å²) >= 11 is 0. The minimum Gasteiger partial charge on any atom is -0.225 e. The van der Waals surface area contributed by atoms with E-state index in [9.17, 15) is 8.42 Å². The van der Waals surface area contributed by atoms with Crippen LogP contribution >= 0.6 is 0 Å². The first-order valence-electron chi connectivity index (χ1n) is 3.48. The van der Waals surface area contributed by atoms with E-state index in [1.54, 1.807) is 0 Å². The highest BCUT2D eigenvalue weighted by atomic mass is 32.3. The summed E-state index contributed by atoms with van der Waals surface area (Å²) in [5.74, 6) is 0.229. The Kier molecular flexibility index (Phi) is 1.47. The van der Waals surface area contributed by atoms with Crippen LogP contribution in [0.15, 0.2) is 0 Å². The standard InChI is InChI=1S/C5H9NO4S/c1-4-2-3-6-5(4)9-11(7,8)10-6/h4-5H,2-3H2,1H3.